The van der Waals surface area contributed by atoms with Gasteiger partial charge >= 0.3 is 0 Å². The third-order valence-corrected chi connectivity index (χ3v) is 4.19. The molecule has 3 rings (SSSR count). The van der Waals surface area contributed by atoms with E-state index in [0.717, 1.165) is 17.9 Å². The van der Waals surface area contributed by atoms with Gasteiger partial charge in [0.15, 0.2) is 0 Å². The van der Waals surface area contributed by atoms with E-state index in [9.17, 15) is 4.79 Å². The molecule has 2 heterocycles. The number of fused-ring (bicyclic) bond motifs is 1. The standard InChI is InChI=1S/C19H23N3O2/c1-14-4-5-18-16(10-14)11-22(17(13-24-18)12-21(2)3)19(23)15-6-8-20-9-7-15/h4-10,17H,11-13H2,1-3H3. The van der Waals surface area contributed by atoms with E-state index < -0.39 is 0 Å². The number of nitrogens with zero attached hydrogens (tertiary/aromatic N) is 3. The maximum Gasteiger partial charge on any atom is 0.254 e. The van der Waals surface area contributed by atoms with Gasteiger partial charge in [-0.05, 0) is 39.2 Å². The van der Waals surface area contributed by atoms with Crippen LogP contribution in [0.5, 0.6) is 5.75 Å². The average molecular weight is 325 g/mol. The Labute approximate surface area is 142 Å². The molecule has 1 aliphatic heterocycles. The monoisotopic (exact) mass is 325 g/mol. The van der Waals surface area contributed by atoms with Crippen molar-refractivity contribution in [2.45, 2.75) is 19.5 Å². The number of carbonyl (C=O) groups is 1. The first-order valence-electron chi connectivity index (χ1n) is 8.12. The molecule has 0 fully saturated rings. The first-order chi connectivity index (χ1) is 11.5. The number of hydrogen-bond acceptors (Lipinski definition) is 4. The number of likely N-dealkylation sites (N-methyl/N-ethyl adjacent to an activating group) is 1. The summed E-state index contributed by atoms with van der Waals surface area (Å²) in [7, 11) is 4.02. The molecule has 0 N–H and O–H groups in total. The van der Waals surface area contributed by atoms with Crippen LogP contribution in [0.1, 0.15) is 21.5 Å². The molecule has 1 atom stereocenters. The third-order valence-electron chi connectivity index (χ3n) is 4.19. The molecule has 1 aromatic heterocycles. The first kappa shape index (κ1) is 16.5. The molecule has 0 saturated heterocycles. The molecule has 0 aliphatic carbocycles. The molecule has 1 aliphatic rings. The summed E-state index contributed by atoms with van der Waals surface area (Å²) < 4.78 is 6.00. The van der Waals surface area contributed by atoms with Crippen LogP contribution < -0.4 is 4.74 Å². The number of ether oxygens (including phenoxy) is 1. The van der Waals surface area contributed by atoms with Gasteiger partial charge in [0.05, 0.1) is 12.6 Å². The van der Waals surface area contributed by atoms with Gasteiger partial charge in [-0.1, -0.05) is 17.7 Å². The van der Waals surface area contributed by atoms with Crippen LogP contribution in [0.25, 0.3) is 0 Å². The van der Waals surface area contributed by atoms with Gasteiger partial charge < -0.3 is 14.5 Å². The Hall–Kier alpha value is -2.40. The summed E-state index contributed by atoms with van der Waals surface area (Å²) in [6.45, 7) is 3.85. The minimum Gasteiger partial charge on any atom is -0.491 e. The Morgan fingerprint density at radius 3 is 2.75 bits per heavy atom. The number of benzene rings is 1. The number of amides is 1. The van der Waals surface area contributed by atoms with Crippen LogP contribution in [0.3, 0.4) is 0 Å². The van der Waals surface area contributed by atoms with E-state index in [4.69, 9.17) is 4.74 Å². The number of rotatable bonds is 3. The Morgan fingerprint density at radius 1 is 1.29 bits per heavy atom. The van der Waals surface area contributed by atoms with Crippen LogP contribution in [0, 0.1) is 6.92 Å². The molecule has 5 heteroatoms. The lowest BCUT2D eigenvalue weighted by atomic mass is 10.1. The van der Waals surface area contributed by atoms with E-state index in [2.05, 4.69) is 22.9 Å². The SMILES string of the molecule is Cc1ccc2c(c1)CN(C(=O)c1ccncc1)C(CN(C)C)CO2. The number of pyridine rings is 1. The summed E-state index contributed by atoms with van der Waals surface area (Å²) in [5.41, 5.74) is 2.88. The van der Waals surface area contributed by atoms with Crippen molar-refractivity contribution < 1.29 is 9.53 Å². The van der Waals surface area contributed by atoms with Crippen LogP contribution in [0.4, 0.5) is 0 Å². The van der Waals surface area contributed by atoms with Gasteiger partial charge in [-0.25, -0.2) is 0 Å². The second-order valence-corrected chi connectivity index (χ2v) is 6.51. The van der Waals surface area contributed by atoms with E-state index in [1.807, 2.05) is 31.1 Å². The highest BCUT2D eigenvalue weighted by atomic mass is 16.5. The van der Waals surface area contributed by atoms with Crippen LogP contribution in [0.15, 0.2) is 42.7 Å². The molecule has 1 unspecified atom stereocenters. The summed E-state index contributed by atoms with van der Waals surface area (Å²) >= 11 is 0. The smallest absolute Gasteiger partial charge is 0.254 e. The zero-order valence-corrected chi connectivity index (χ0v) is 14.4. The summed E-state index contributed by atoms with van der Waals surface area (Å²) in [6.07, 6.45) is 3.31. The number of aryl methyl sites for hydroxylation is 1. The predicted octanol–water partition coefficient (Wildman–Crippen LogP) is 2.36. The Kier molecular flexibility index (Phi) is 4.81. The lowest BCUT2D eigenvalue weighted by Crippen LogP contribution is -2.47. The second kappa shape index (κ2) is 7.01. The molecule has 2 aromatic rings. The Morgan fingerprint density at radius 2 is 2.04 bits per heavy atom. The molecule has 0 spiro atoms. The Bertz CT molecular complexity index is 716. The van der Waals surface area contributed by atoms with Gasteiger partial charge in [-0.3, -0.25) is 9.78 Å². The van der Waals surface area contributed by atoms with Crippen molar-refractivity contribution in [1.29, 1.82) is 0 Å². The van der Waals surface area contributed by atoms with Crippen LogP contribution in [-0.4, -0.2) is 54.0 Å². The van der Waals surface area contributed by atoms with Crippen molar-refractivity contribution in [3.05, 3.63) is 59.4 Å². The van der Waals surface area contributed by atoms with Crippen LogP contribution in [-0.2, 0) is 6.54 Å². The lowest BCUT2D eigenvalue weighted by Gasteiger charge is -2.31. The van der Waals surface area contributed by atoms with Crippen LogP contribution >= 0.6 is 0 Å². The highest BCUT2D eigenvalue weighted by Gasteiger charge is 2.29. The molecule has 0 bridgehead atoms. The van der Waals surface area contributed by atoms with Crippen molar-refractivity contribution in [2.24, 2.45) is 0 Å². The predicted molar refractivity (Wildman–Crippen MR) is 93.1 cm³/mol. The molecule has 24 heavy (non-hydrogen) atoms. The van der Waals surface area contributed by atoms with Gasteiger partial charge in [0.1, 0.15) is 12.4 Å². The number of carbonyl (C=O) groups excluding carboxylic acids is 1. The van der Waals surface area contributed by atoms with Crippen molar-refractivity contribution >= 4 is 5.91 Å². The van der Waals surface area contributed by atoms with Crippen molar-refractivity contribution in [1.82, 2.24) is 14.8 Å². The molecule has 1 amide bonds. The average Bonchev–Trinajstić information content (AvgIpc) is 2.74. The summed E-state index contributed by atoms with van der Waals surface area (Å²) in [5.74, 6) is 0.886. The first-order valence-corrected chi connectivity index (χ1v) is 8.12. The second-order valence-electron chi connectivity index (χ2n) is 6.51. The van der Waals surface area contributed by atoms with E-state index in [0.29, 0.717) is 18.7 Å². The maximum atomic E-state index is 13.1. The molecule has 0 radical (unpaired) electrons. The maximum absolute atomic E-state index is 13.1. The fourth-order valence-corrected chi connectivity index (χ4v) is 3.03. The fraction of sp³-hybridized carbons (Fsp3) is 0.368. The quantitative estimate of drug-likeness (QED) is 0.869. The minimum atomic E-state index is -0.00614. The third kappa shape index (κ3) is 3.57. The molecule has 1 aromatic carbocycles. The highest BCUT2D eigenvalue weighted by molar-refractivity contribution is 5.94. The van der Waals surface area contributed by atoms with Crippen molar-refractivity contribution in [3.63, 3.8) is 0 Å². The van der Waals surface area contributed by atoms with Gasteiger partial charge in [0, 0.05) is 30.1 Å². The summed E-state index contributed by atoms with van der Waals surface area (Å²) in [6, 6.07) is 9.65. The lowest BCUT2D eigenvalue weighted by molar-refractivity contribution is 0.0583. The topological polar surface area (TPSA) is 45.7 Å². The van der Waals surface area contributed by atoms with Gasteiger partial charge in [-0.15, -0.1) is 0 Å². The molecule has 5 nitrogen and oxygen atoms in total. The van der Waals surface area contributed by atoms with Gasteiger partial charge in [0.25, 0.3) is 5.91 Å². The fourth-order valence-electron chi connectivity index (χ4n) is 3.03. The molecule has 0 saturated carbocycles. The molecule has 126 valence electrons. The van der Waals surface area contributed by atoms with E-state index in [1.54, 1.807) is 24.5 Å². The largest absolute Gasteiger partial charge is 0.491 e. The highest BCUT2D eigenvalue weighted by Crippen LogP contribution is 2.27. The zero-order valence-electron chi connectivity index (χ0n) is 14.4. The van der Waals surface area contributed by atoms with E-state index in [-0.39, 0.29) is 11.9 Å². The molecular weight excluding hydrogens is 302 g/mol. The van der Waals surface area contributed by atoms with Gasteiger partial charge in [0.2, 0.25) is 0 Å². The van der Waals surface area contributed by atoms with Crippen molar-refractivity contribution in [3.8, 4) is 5.75 Å². The zero-order chi connectivity index (χ0) is 17.1. The summed E-state index contributed by atoms with van der Waals surface area (Å²) in [4.78, 5) is 21.1. The van der Waals surface area contributed by atoms with Crippen molar-refractivity contribution in [2.75, 3.05) is 27.2 Å². The normalized spacial score (nSPS) is 17.2. The molecular formula is C19H23N3O2. The minimum absolute atomic E-state index is 0.00614. The van der Waals surface area contributed by atoms with Crippen LogP contribution in [0.2, 0.25) is 0 Å². The Balaban J connectivity index is 1.95. The number of hydrogen-bond donors (Lipinski definition) is 0. The van der Waals surface area contributed by atoms with E-state index >= 15 is 0 Å². The van der Waals surface area contributed by atoms with E-state index in [1.165, 1.54) is 5.56 Å². The number of aromatic nitrogens is 1. The summed E-state index contributed by atoms with van der Waals surface area (Å²) in [5, 5.41) is 0. The van der Waals surface area contributed by atoms with Gasteiger partial charge in [-0.2, -0.15) is 0 Å².